The molecular formula is C27H28N4O3. The Labute approximate surface area is 198 Å². The van der Waals surface area contributed by atoms with E-state index in [0.717, 1.165) is 30.9 Å². The third-order valence-corrected chi connectivity index (χ3v) is 6.07. The third kappa shape index (κ3) is 4.56. The summed E-state index contributed by atoms with van der Waals surface area (Å²) in [6.07, 6.45) is 3.36. The van der Waals surface area contributed by atoms with Crippen LogP contribution in [0.25, 0.3) is 10.9 Å². The predicted octanol–water partition coefficient (Wildman–Crippen LogP) is 4.99. The van der Waals surface area contributed by atoms with Crippen molar-refractivity contribution in [1.29, 1.82) is 0 Å². The van der Waals surface area contributed by atoms with Gasteiger partial charge in [-0.3, -0.25) is 9.88 Å². The topological polar surface area (TPSA) is 91.0 Å². The van der Waals surface area contributed by atoms with E-state index >= 15 is 0 Å². The summed E-state index contributed by atoms with van der Waals surface area (Å²) in [5, 5.41) is 21.2. The number of benzene rings is 2. The number of pyridine rings is 1. The fourth-order valence-corrected chi connectivity index (χ4v) is 4.08. The maximum absolute atomic E-state index is 11.6. The van der Waals surface area contributed by atoms with Crippen molar-refractivity contribution in [3.8, 4) is 5.88 Å². The minimum Gasteiger partial charge on any atom is -0.494 e. The van der Waals surface area contributed by atoms with E-state index in [1.165, 1.54) is 11.6 Å². The molecule has 0 radical (unpaired) electrons. The highest BCUT2D eigenvalue weighted by molar-refractivity contribution is 6.22. The van der Waals surface area contributed by atoms with Crippen LogP contribution < -0.4 is 0 Å². The van der Waals surface area contributed by atoms with Gasteiger partial charge in [-0.1, -0.05) is 26.0 Å². The number of nitrogens with zero attached hydrogens (tertiary/aromatic N) is 4. The zero-order chi connectivity index (χ0) is 24.2. The Morgan fingerprint density at radius 1 is 1.06 bits per heavy atom. The normalized spacial score (nSPS) is 11.9. The van der Waals surface area contributed by atoms with Crippen LogP contribution in [-0.2, 0) is 13.6 Å². The highest BCUT2D eigenvalue weighted by Gasteiger charge is 2.22. The van der Waals surface area contributed by atoms with Gasteiger partial charge in [-0.15, -0.1) is 0 Å². The molecule has 0 spiro atoms. The molecule has 34 heavy (non-hydrogen) atoms. The van der Waals surface area contributed by atoms with Crippen LogP contribution in [0.3, 0.4) is 0 Å². The molecule has 0 unspecified atom stereocenters. The molecule has 0 saturated carbocycles. The maximum atomic E-state index is 11.6. The van der Waals surface area contributed by atoms with Crippen LogP contribution in [0.2, 0.25) is 0 Å². The maximum Gasteiger partial charge on any atom is 0.335 e. The molecule has 0 fully saturated rings. The van der Waals surface area contributed by atoms with Gasteiger partial charge in [0.1, 0.15) is 0 Å². The van der Waals surface area contributed by atoms with Crippen molar-refractivity contribution in [1.82, 2.24) is 14.5 Å². The van der Waals surface area contributed by atoms with Crippen LogP contribution >= 0.6 is 0 Å². The second kappa shape index (κ2) is 9.89. The van der Waals surface area contributed by atoms with Crippen molar-refractivity contribution in [2.24, 2.45) is 12.0 Å². The minimum atomic E-state index is -1.03. The number of carboxylic acids is 1. The first-order chi connectivity index (χ1) is 16.4. The van der Waals surface area contributed by atoms with E-state index in [4.69, 9.17) is 4.99 Å². The number of hydrogen-bond acceptors (Lipinski definition) is 5. The number of aromatic carboxylic acids is 1. The number of aromatic hydroxyl groups is 1. The van der Waals surface area contributed by atoms with Crippen LogP contribution in [0.4, 0.5) is 5.69 Å². The smallest absolute Gasteiger partial charge is 0.335 e. The van der Waals surface area contributed by atoms with E-state index in [2.05, 4.69) is 35.9 Å². The molecule has 0 aliphatic heterocycles. The number of rotatable bonds is 8. The van der Waals surface area contributed by atoms with Crippen molar-refractivity contribution in [3.63, 3.8) is 0 Å². The van der Waals surface area contributed by atoms with Gasteiger partial charge in [0.15, 0.2) is 0 Å². The van der Waals surface area contributed by atoms with Gasteiger partial charge >= 0.3 is 5.97 Å². The van der Waals surface area contributed by atoms with Crippen molar-refractivity contribution in [3.05, 3.63) is 89.2 Å². The molecule has 0 amide bonds. The molecule has 7 nitrogen and oxygen atoms in total. The van der Waals surface area contributed by atoms with Gasteiger partial charge < -0.3 is 14.8 Å². The summed E-state index contributed by atoms with van der Waals surface area (Å²) in [5.41, 5.74) is 4.50. The average Bonchev–Trinajstić information content (AvgIpc) is 3.11. The molecule has 0 saturated heterocycles. The molecule has 4 aromatic rings. The molecule has 2 aromatic carbocycles. The Kier molecular flexibility index (Phi) is 6.75. The molecular weight excluding hydrogens is 428 g/mol. The van der Waals surface area contributed by atoms with Gasteiger partial charge in [-0.2, -0.15) is 0 Å². The number of hydrogen-bond donors (Lipinski definition) is 2. The lowest BCUT2D eigenvalue weighted by atomic mass is 10.0. The Bertz CT molecular complexity index is 1340. The van der Waals surface area contributed by atoms with Gasteiger partial charge in [0.05, 0.1) is 28.0 Å². The average molecular weight is 457 g/mol. The lowest BCUT2D eigenvalue weighted by Crippen LogP contribution is -2.21. The van der Waals surface area contributed by atoms with Gasteiger partial charge in [-0.05, 0) is 61.1 Å². The zero-order valence-electron chi connectivity index (χ0n) is 19.6. The van der Waals surface area contributed by atoms with Crippen LogP contribution in [0, 0.1) is 0 Å². The molecule has 0 aliphatic carbocycles. The zero-order valence-corrected chi connectivity index (χ0v) is 19.6. The fraction of sp³-hybridized carbons (Fsp3) is 0.222. The molecule has 2 heterocycles. The quantitative estimate of drug-likeness (QED) is 0.365. The summed E-state index contributed by atoms with van der Waals surface area (Å²) in [6.45, 7) is 7.14. The van der Waals surface area contributed by atoms with Gasteiger partial charge in [0.25, 0.3) is 0 Å². The summed E-state index contributed by atoms with van der Waals surface area (Å²) in [4.78, 5) is 23.1. The molecule has 0 atom stereocenters. The highest BCUT2D eigenvalue weighted by Crippen LogP contribution is 2.34. The fourth-order valence-electron chi connectivity index (χ4n) is 4.08. The van der Waals surface area contributed by atoms with Gasteiger partial charge in [0, 0.05) is 36.9 Å². The SMILES string of the molecule is CCN(CC)Cc1ccc(N=C(c2cccnc2)c2c(O)n(C)c3ccc(C(=O)O)cc23)cc1. The molecule has 2 aromatic heterocycles. The van der Waals surface area contributed by atoms with E-state index in [0.29, 0.717) is 22.2 Å². The minimum absolute atomic E-state index is 0.0123. The van der Waals surface area contributed by atoms with E-state index < -0.39 is 5.97 Å². The Hall–Kier alpha value is -3.97. The van der Waals surface area contributed by atoms with E-state index in [1.807, 2.05) is 24.3 Å². The van der Waals surface area contributed by atoms with Gasteiger partial charge in [-0.25, -0.2) is 9.79 Å². The second-order valence-electron chi connectivity index (χ2n) is 8.12. The molecule has 0 bridgehead atoms. The van der Waals surface area contributed by atoms with Crippen molar-refractivity contribution >= 4 is 28.3 Å². The first kappa shape index (κ1) is 23.2. The Morgan fingerprint density at radius 3 is 2.41 bits per heavy atom. The monoisotopic (exact) mass is 456 g/mol. The summed E-state index contributed by atoms with van der Waals surface area (Å²) >= 11 is 0. The van der Waals surface area contributed by atoms with E-state index in [1.54, 1.807) is 36.1 Å². The van der Waals surface area contributed by atoms with Gasteiger partial charge in [0.2, 0.25) is 5.88 Å². The van der Waals surface area contributed by atoms with Crippen LogP contribution in [-0.4, -0.2) is 49.4 Å². The first-order valence-corrected chi connectivity index (χ1v) is 11.3. The molecule has 2 N–H and O–H groups in total. The molecule has 4 rings (SSSR count). The summed E-state index contributed by atoms with van der Waals surface area (Å²) in [5.74, 6) is -1.02. The molecule has 174 valence electrons. The Morgan fingerprint density at radius 2 is 1.79 bits per heavy atom. The van der Waals surface area contributed by atoms with Crippen molar-refractivity contribution in [2.75, 3.05) is 13.1 Å². The van der Waals surface area contributed by atoms with Crippen LogP contribution in [0.15, 0.2) is 72.0 Å². The number of carbonyl (C=O) groups is 1. The Balaban J connectivity index is 1.87. The third-order valence-electron chi connectivity index (χ3n) is 6.07. The summed E-state index contributed by atoms with van der Waals surface area (Å²) in [6, 6.07) is 16.5. The second-order valence-corrected chi connectivity index (χ2v) is 8.12. The van der Waals surface area contributed by atoms with Crippen molar-refractivity contribution in [2.45, 2.75) is 20.4 Å². The lowest BCUT2D eigenvalue weighted by Gasteiger charge is -2.17. The first-order valence-electron chi connectivity index (χ1n) is 11.3. The predicted molar refractivity (Wildman–Crippen MR) is 134 cm³/mol. The number of aromatic nitrogens is 2. The largest absolute Gasteiger partial charge is 0.494 e. The summed E-state index contributed by atoms with van der Waals surface area (Å²) < 4.78 is 1.63. The summed E-state index contributed by atoms with van der Waals surface area (Å²) in [7, 11) is 1.74. The van der Waals surface area contributed by atoms with E-state index in [-0.39, 0.29) is 11.4 Å². The number of carboxylic acid groups (broad SMARTS) is 1. The van der Waals surface area contributed by atoms with E-state index in [9.17, 15) is 15.0 Å². The van der Waals surface area contributed by atoms with Crippen LogP contribution in [0.1, 0.15) is 40.9 Å². The standard InChI is InChI=1S/C27H28N4O3/c1-4-31(5-2)17-18-8-11-21(12-9-18)29-25(20-7-6-14-28-16-20)24-22-15-19(27(33)34)10-13-23(22)30(3)26(24)32/h6-16,32H,4-5,17H2,1-3H3,(H,33,34). The number of aliphatic imine (C=N–C) groups is 1. The molecule has 0 aliphatic rings. The number of aryl methyl sites for hydroxylation is 1. The van der Waals surface area contributed by atoms with Crippen LogP contribution in [0.5, 0.6) is 5.88 Å². The lowest BCUT2D eigenvalue weighted by molar-refractivity contribution is 0.0697. The number of fused-ring (bicyclic) bond motifs is 1. The molecule has 7 heteroatoms. The highest BCUT2D eigenvalue weighted by atomic mass is 16.4. The van der Waals surface area contributed by atoms with Crippen molar-refractivity contribution < 1.29 is 15.0 Å².